The van der Waals surface area contributed by atoms with Gasteiger partial charge in [-0.25, -0.2) is 0 Å². The van der Waals surface area contributed by atoms with Crippen LogP contribution >= 0.6 is 15.9 Å². The molecule has 1 unspecified atom stereocenters. The fourth-order valence-electron chi connectivity index (χ4n) is 2.86. The van der Waals surface area contributed by atoms with Crippen molar-refractivity contribution in [1.29, 1.82) is 0 Å². The molecule has 5 heteroatoms. The Labute approximate surface area is 117 Å². The normalized spacial score (nSPS) is 23.4. The molecule has 1 aliphatic heterocycles. The van der Waals surface area contributed by atoms with Gasteiger partial charge in [-0.1, -0.05) is 15.9 Å². The van der Waals surface area contributed by atoms with Crippen molar-refractivity contribution in [3.8, 4) is 0 Å². The number of alkyl halides is 1. The number of aromatic nitrogens is 2. The van der Waals surface area contributed by atoms with Crippen LogP contribution in [0, 0.1) is 6.92 Å². The van der Waals surface area contributed by atoms with Crippen LogP contribution in [0.2, 0.25) is 0 Å². The molecule has 0 amide bonds. The molecular formula is C13H22BrN3O. The second-order valence-electron chi connectivity index (χ2n) is 5.71. The van der Waals surface area contributed by atoms with Gasteiger partial charge >= 0.3 is 0 Å². The molecule has 18 heavy (non-hydrogen) atoms. The third-order valence-electron chi connectivity index (χ3n) is 3.32. The van der Waals surface area contributed by atoms with Gasteiger partial charge in [0.1, 0.15) is 5.82 Å². The molecule has 0 radical (unpaired) electrons. The van der Waals surface area contributed by atoms with Crippen molar-refractivity contribution in [3.05, 3.63) is 11.3 Å². The summed E-state index contributed by atoms with van der Waals surface area (Å²) in [5, 5.41) is 5.38. The molecule has 0 saturated carbocycles. The highest BCUT2D eigenvalue weighted by molar-refractivity contribution is 9.08. The Bertz CT molecular complexity index is 442. The Morgan fingerprint density at radius 1 is 1.50 bits per heavy atom. The van der Waals surface area contributed by atoms with Crippen molar-refractivity contribution in [3.63, 3.8) is 0 Å². The van der Waals surface area contributed by atoms with Gasteiger partial charge in [-0.2, -0.15) is 5.10 Å². The van der Waals surface area contributed by atoms with Crippen molar-refractivity contribution < 1.29 is 4.74 Å². The Hall–Kier alpha value is -0.550. The predicted octanol–water partition coefficient (Wildman–Crippen LogP) is 2.63. The Morgan fingerprint density at radius 3 is 2.72 bits per heavy atom. The molecular weight excluding hydrogens is 294 g/mol. The summed E-state index contributed by atoms with van der Waals surface area (Å²) in [6.45, 7) is 10.3. The molecule has 1 fully saturated rings. The molecule has 0 bridgehead atoms. The van der Waals surface area contributed by atoms with Gasteiger partial charge in [0, 0.05) is 31.0 Å². The van der Waals surface area contributed by atoms with Crippen molar-refractivity contribution >= 4 is 21.7 Å². The summed E-state index contributed by atoms with van der Waals surface area (Å²) in [4.78, 5) is 2.39. The summed E-state index contributed by atoms with van der Waals surface area (Å²) in [6.07, 6.45) is 0.243. The maximum atomic E-state index is 5.96. The number of nitrogens with zero attached hydrogens (tertiary/aromatic N) is 3. The summed E-state index contributed by atoms with van der Waals surface area (Å²) in [6, 6.07) is 0. The first-order valence-electron chi connectivity index (χ1n) is 6.35. The van der Waals surface area contributed by atoms with E-state index >= 15 is 0 Å². The zero-order valence-corrected chi connectivity index (χ0v) is 13.4. The topological polar surface area (TPSA) is 30.3 Å². The molecule has 1 aromatic rings. The van der Waals surface area contributed by atoms with Crippen LogP contribution in [-0.4, -0.2) is 34.6 Å². The fourth-order valence-corrected chi connectivity index (χ4v) is 3.51. The summed E-state index contributed by atoms with van der Waals surface area (Å²) >= 11 is 3.57. The average molecular weight is 316 g/mol. The lowest BCUT2D eigenvalue weighted by Crippen LogP contribution is -2.52. The van der Waals surface area contributed by atoms with E-state index in [1.54, 1.807) is 0 Å². The van der Waals surface area contributed by atoms with E-state index in [2.05, 4.69) is 53.6 Å². The first-order chi connectivity index (χ1) is 8.34. The van der Waals surface area contributed by atoms with Crippen LogP contribution in [0.3, 0.4) is 0 Å². The SMILES string of the molecule is Cc1nn(C)c(N2CC(C)OC(C)(C)C2)c1CBr. The fraction of sp³-hybridized carbons (Fsp3) is 0.769. The molecule has 102 valence electrons. The Balaban J connectivity index is 2.36. The smallest absolute Gasteiger partial charge is 0.131 e. The zero-order valence-electron chi connectivity index (χ0n) is 11.8. The zero-order chi connectivity index (χ0) is 13.5. The highest BCUT2D eigenvalue weighted by atomic mass is 79.9. The number of hydrogen-bond donors (Lipinski definition) is 0. The first kappa shape index (κ1) is 13.9. The maximum absolute atomic E-state index is 5.96. The molecule has 2 heterocycles. The summed E-state index contributed by atoms with van der Waals surface area (Å²) in [5.41, 5.74) is 2.27. The second kappa shape index (κ2) is 4.85. The highest BCUT2D eigenvalue weighted by Crippen LogP contribution is 2.30. The number of hydrogen-bond acceptors (Lipinski definition) is 3. The van der Waals surface area contributed by atoms with Crippen molar-refractivity contribution in [2.75, 3.05) is 18.0 Å². The van der Waals surface area contributed by atoms with Crippen LogP contribution in [0.5, 0.6) is 0 Å². The van der Waals surface area contributed by atoms with Crippen LogP contribution < -0.4 is 4.90 Å². The van der Waals surface area contributed by atoms with E-state index in [0.717, 1.165) is 24.1 Å². The molecule has 4 nitrogen and oxygen atoms in total. The molecule has 0 aliphatic carbocycles. The van der Waals surface area contributed by atoms with E-state index in [0.29, 0.717) is 0 Å². The number of ether oxygens (including phenoxy) is 1. The quantitative estimate of drug-likeness (QED) is 0.786. The molecule has 1 aromatic heterocycles. The molecule has 1 aliphatic rings. The minimum atomic E-state index is -0.112. The van der Waals surface area contributed by atoms with E-state index in [1.165, 1.54) is 11.4 Å². The van der Waals surface area contributed by atoms with Gasteiger partial charge in [0.2, 0.25) is 0 Å². The van der Waals surface area contributed by atoms with E-state index < -0.39 is 0 Å². The number of aryl methyl sites for hydroxylation is 2. The van der Waals surface area contributed by atoms with Crippen LogP contribution in [0.1, 0.15) is 32.0 Å². The molecule has 0 spiro atoms. The Morgan fingerprint density at radius 2 is 2.17 bits per heavy atom. The average Bonchev–Trinajstić information content (AvgIpc) is 2.49. The summed E-state index contributed by atoms with van der Waals surface area (Å²) in [5.74, 6) is 1.22. The third kappa shape index (κ3) is 2.57. The van der Waals surface area contributed by atoms with Crippen molar-refractivity contribution in [2.45, 2.75) is 44.7 Å². The molecule has 0 aromatic carbocycles. The highest BCUT2D eigenvalue weighted by Gasteiger charge is 2.33. The number of anilines is 1. The van der Waals surface area contributed by atoms with Gasteiger partial charge in [-0.15, -0.1) is 0 Å². The largest absolute Gasteiger partial charge is 0.369 e. The number of halogens is 1. The van der Waals surface area contributed by atoms with Crippen LogP contribution in [0.25, 0.3) is 0 Å². The number of morpholine rings is 1. The van der Waals surface area contributed by atoms with Gasteiger partial charge in [0.05, 0.1) is 17.4 Å². The van der Waals surface area contributed by atoms with Crippen LogP contribution in [-0.2, 0) is 17.1 Å². The summed E-state index contributed by atoms with van der Waals surface area (Å²) in [7, 11) is 2.02. The van der Waals surface area contributed by atoms with Gasteiger partial charge in [0.15, 0.2) is 0 Å². The van der Waals surface area contributed by atoms with Crippen molar-refractivity contribution in [1.82, 2.24) is 9.78 Å². The van der Waals surface area contributed by atoms with Gasteiger partial charge in [0.25, 0.3) is 0 Å². The van der Waals surface area contributed by atoms with E-state index in [9.17, 15) is 0 Å². The minimum Gasteiger partial charge on any atom is -0.369 e. The molecule has 1 atom stereocenters. The standard InChI is InChI=1S/C13H22BrN3O/c1-9-7-17(8-13(3,4)18-9)12-11(6-14)10(2)15-16(12)5/h9H,6-8H2,1-5H3. The first-order valence-corrected chi connectivity index (χ1v) is 7.47. The minimum absolute atomic E-state index is 0.112. The monoisotopic (exact) mass is 315 g/mol. The van der Waals surface area contributed by atoms with E-state index in [1.807, 2.05) is 11.7 Å². The van der Waals surface area contributed by atoms with Gasteiger partial charge in [-0.3, -0.25) is 4.68 Å². The van der Waals surface area contributed by atoms with E-state index in [-0.39, 0.29) is 11.7 Å². The van der Waals surface area contributed by atoms with Crippen LogP contribution in [0.4, 0.5) is 5.82 Å². The second-order valence-corrected chi connectivity index (χ2v) is 6.27. The Kier molecular flexibility index (Phi) is 3.74. The third-order valence-corrected chi connectivity index (χ3v) is 3.88. The van der Waals surface area contributed by atoms with Gasteiger partial charge in [-0.05, 0) is 27.7 Å². The molecule has 0 N–H and O–H groups in total. The molecule has 2 rings (SSSR count). The van der Waals surface area contributed by atoms with E-state index in [4.69, 9.17) is 4.74 Å². The molecule has 1 saturated heterocycles. The number of rotatable bonds is 2. The van der Waals surface area contributed by atoms with Crippen LogP contribution in [0.15, 0.2) is 0 Å². The maximum Gasteiger partial charge on any atom is 0.131 e. The lowest BCUT2D eigenvalue weighted by atomic mass is 10.1. The van der Waals surface area contributed by atoms with Gasteiger partial charge < -0.3 is 9.64 Å². The lowest BCUT2D eigenvalue weighted by Gasteiger charge is -2.43. The predicted molar refractivity (Wildman–Crippen MR) is 77.4 cm³/mol. The summed E-state index contributed by atoms with van der Waals surface area (Å²) < 4.78 is 7.95. The van der Waals surface area contributed by atoms with Crippen molar-refractivity contribution in [2.24, 2.45) is 7.05 Å². The lowest BCUT2D eigenvalue weighted by molar-refractivity contribution is -0.0753.